The predicted molar refractivity (Wildman–Crippen MR) is 64.6 cm³/mol. The second kappa shape index (κ2) is 4.04. The summed E-state index contributed by atoms with van der Waals surface area (Å²) in [6, 6.07) is 0. The van der Waals surface area contributed by atoms with E-state index in [4.69, 9.17) is 11.6 Å². The molecule has 1 unspecified atom stereocenters. The van der Waals surface area contributed by atoms with Gasteiger partial charge in [0.2, 0.25) is 0 Å². The van der Waals surface area contributed by atoms with Crippen LogP contribution in [0.3, 0.4) is 0 Å². The van der Waals surface area contributed by atoms with Crippen molar-refractivity contribution in [2.75, 3.05) is 0 Å². The number of aryl methyl sites for hydroxylation is 2. The molecule has 4 heteroatoms. The van der Waals surface area contributed by atoms with Crippen molar-refractivity contribution >= 4 is 11.6 Å². The molecule has 1 saturated carbocycles. The summed E-state index contributed by atoms with van der Waals surface area (Å²) >= 11 is 6.30. The van der Waals surface area contributed by atoms with Gasteiger partial charge in [-0.25, -0.2) is 0 Å². The second-order valence-corrected chi connectivity index (χ2v) is 5.28. The van der Waals surface area contributed by atoms with Gasteiger partial charge >= 0.3 is 0 Å². The lowest BCUT2D eigenvalue weighted by molar-refractivity contribution is 0.109. The number of nitrogens with zero attached hydrogens (tertiary/aromatic N) is 2. The molecule has 16 heavy (non-hydrogen) atoms. The molecule has 1 N–H and O–H groups in total. The Morgan fingerprint density at radius 1 is 1.56 bits per heavy atom. The van der Waals surface area contributed by atoms with Gasteiger partial charge in [0.25, 0.3) is 0 Å². The Labute approximate surface area is 101 Å². The highest BCUT2D eigenvalue weighted by Gasteiger charge is 2.47. The average molecular weight is 243 g/mol. The smallest absolute Gasteiger partial charge is 0.0849 e. The second-order valence-electron chi connectivity index (χ2n) is 4.90. The van der Waals surface area contributed by atoms with E-state index in [0.29, 0.717) is 0 Å². The van der Waals surface area contributed by atoms with Crippen LogP contribution in [-0.4, -0.2) is 21.0 Å². The first-order valence-corrected chi connectivity index (χ1v) is 6.26. The lowest BCUT2D eigenvalue weighted by Crippen LogP contribution is -2.22. The number of aromatic nitrogens is 2. The normalized spacial score (nSPS) is 19.8. The summed E-state index contributed by atoms with van der Waals surface area (Å²) < 4.78 is 1.86. The Bertz CT molecular complexity index is 394. The van der Waals surface area contributed by atoms with Gasteiger partial charge in [-0.2, -0.15) is 5.10 Å². The quantitative estimate of drug-likeness (QED) is 0.880. The SMILES string of the molecule is CCc1nn(C)c(CC2(C(C)O)CC2)c1Cl. The number of hydrogen-bond donors (Lipinski definition) is 1. The molecule has 1 aliphatic rings. The summed E-state index contributed by atoms with van der Waals surface area (Å²) in [4.78, 5) is 0. The number of hydrogen-bond acceptors (Lipinski definition) is 2. The fourth-order valence-electron chi connectivity index (χ4n) is 2.25. The van der Waals surface area contributed by atoms with Crippen molar-refractivity contribution in [2.45, 2.75) is 45.6 Å². The summed E-state index contributed by atoms with van der Waals surface area (Å²) in [6.07, 6.45) is 3.62. The molecule has 0 radical (unpaired) electrons. The van der Waals surface area contributed by atoms with Crippen molar-refractivity contribution in [3.8, 4) is 0 Å². The van der Waals surface area contributed by atoms with Crippen LogP contribution in [0.25, 0.3) is 0 Å². The third kappa shape index (κ3) is 1.87. The maximum Gasteiger partial charge on any atom is 0.0849 e. The van der Waals surface area contributed by atoms with Gasteiger partial charge in [0.1, 0.15) is 0 Å². The highest BCUT2D eigenvalue weighted by molar-refractivity contribution is 6.31. The van der Waals surface area contributed by atoms with Crippen LogP contribution in [0.15, 0.2) is 0 Å². The number of halogens is 1. The van der Waals surface area contributed by atoms with Gasteiger partial charge in [0, 0.05) is 12.5 Å². The Hall–Kier alpha value is -0.540. The Morgan fingerprint density at radius 2 is 2.19 bits per heavy atom. The first kappa shape index (κ1) is 11.9. The van der Waals surface area contributed by atoms with Crippen molar-refractivity contribution < 1.29 is 5.11 Å². The molecule has 0 aliphatic heterocycles. The summed E-state index contributed by atoms with van der Waals surface area (Å²) in [5, 5.41) is 15.0. The molecule has 0 amide bonds. The van der Waals surface area contributed by atoms with Gasteiger partial charge in [-0.15, -0.1) is 0 Å². The maximum atomic E-state index is 9.78. The van der Waals surface area contributed by atoms with Crippen LogP contribution in [-0.2, 0) is 19.9 Å². The fraction of sp³-hybridized carbons (Fsp3) is 0.750. The minimum Gasteiger partial charge on any atom is -0.393 e. The van der Waals surface area contributed by atoms with Gasteiger partial charge < -0.3 is 5.11 Å². The lowest BCUT2D eigenvalue weighted by atomic mass is 9.94. The highest BCUT2D eigenvalue weighted by Crippen LogP contribution is 2.51. The molecule has 1 aliphatic carbocycles. The van der Waals surface area contributed by atoms with Gasteiger partial charge in [0.15, 0.2) is 0 Å². The van der Waals surface area contributed by atoms with Gasteiger partial charge in [0.05, 0.1) is 22.5 Å². The van der Waals surface area contributed by atoms with Crippen LogP contribution >= 0.6 is 11.6 Å². The minimum atomic E-state index is -0.261. The number of aliphatic hydroxyl groups excluding tert-OH is 1. The topological polar surface area (TPSA) is 38.0 Å². The molecule has 3 nitrogen and oxygen atoms in total. The van der Waals surface area contributed by atoms with Crippen LogP contribution in [0.5, 0.6) is 0 Å². The van der Waals surface area contributed by atoms with Crippen molar-refractivity contribution in [1.29, 1.82) is 0 Å². The molecule has 1 heterocycles. The van der Waals surface area contributed by atoms with E-state index >= 15 is 0 Å². The average Bonchev–Trinajstić information content (AvgIpc) is 2.97. The van der Waals surface area contributed by atoms with Crippen LogP contribution < -0.4 is 0 Å². The first-order valence-electron chi connectivity index (χ1n) is 5.88. The minimum absolute atomic E-state index is 0.0580. The maximum absolute atomic E-state index is 9.78. The van der Waals surface area contributed by atoms with E-state index in [1.165, 1.54) is 0 Å². The summed E-state index contributed by atoms with van der Waals surface area (Å²) in [5.41, 5.74) is 2.08. The Balaban J connectivity index is 2.25. The Morgan fingerprint density at radius 3 is 2.56 bits per heavy atom. The zero-order valence-electron chi connectivity index (χ0n) is 10.1. The van der Waals surface area contributed by atoms with E-state index in [9.17, 15) is 5.11 Å². The highest BCUT2D eigenvalue weighted by atomic mass is 35.5. The molecular formula is C12H19ClN2O. The first-order chi connectivity index (χ1) is 7.50. The molecular weight excluding hydrogens is 224 g/mol. The molecule has 90 valence electrons. The van der Waals surface area contributed by atoms with Crippen molar-refractivity contribution in [3.05, 3.63) is 16.4 Å². The predicted octanol–water partition coefficient (Wildman–Crippen LogP) is 2.34. The van der Waals surface area contributed by atoms with E-state index in [0.717, 1.165) is 42.1 Å². The third-order valence-corrected chi connectivity index (χ3v) is 4.24. The molecule has 1 fully saturated rings. The van der Waals surface area contributed by atoms with Gasteiger partial charge in [-0.1, -0.05) is 18.5 Å². The van der Waals surface area contributed by atoms with Crippen molar-refractivity contribution in [3.63, 3.8) is 0 Å². The molecule has 1 atom stereocenters. The van der Waals surface area contributed by atoms with E-state index in [-0.39, 0.29) is 11.5 Å². The van der Waals surface area contributed by atoms with E-state index in [2.05, 4.69) is 12.0 Å². The summed E-state index contributed by atoms with van der Waals surface area (Å²) in [5.74, 6) is 0. The van der Waals surface area contributed by atoms with Crippen LogP contribution in [0.4, 0.5) is 0 Å². The molecule has 0 aromatic carbocycles. The summed E-state index contributed by atoms with van der Waals surface area (Å²) in [6.45, 7) is 3.93. The third-order valence-electron chi connectivity index (χ3n) is 3.80. The molecule has 1 aromatic rings. The van der Waals surface area contributed by atoms with Crippen LogP contribution in [0, 0.1) is 5.41 Å². The summed E-state index contributed by atoms with van der Waals surface area (Å²) in [7, 11) is 1.93. The molecule has 2 rings (SSSR count). The zero-order valence-corrected chi connectivity index (χ0v) is 10.9. The number of rotatable bonds is 4. The zero-order chi connectivity index (χ0) is 11.9. The fourth-order valence-corrected chi connectivity index (χ4v) is 2.61. The van der Waals surface area contributed by atoms with Crippen LogP contribution in [0.2, 0.25) is 5.02 Å². The van der Waals surface area contributed by atoms with Crippen LogP contribution in [0.1, 0.15) is 38.1 Å². The van der Waals surface area contributed by atoms with E-state index in [1.54, 1.807) is 0 Å². The molecule has 1 aromatic heterocycles. The molecule has 0 saturated heterocycles. The lowest BCUT2D eigenvalue weighted by Gasteiger charge is -2.18. The van der Waals surface area contributed by atoms with Gasteiger partial charge in [-0.05, 0) is 32.6 Å². The molecule has 0 bridgehead atoms. The monoisotopic (exact) mass is 242 g/mol. The Kier molecular flexibility index (Phi) is 3.01. The largest absolute Gasteiger partial charge is 0.393 e. The number of aliphatic hydroxyl groups is 1. The van der Waals surface area contributed by atoms with E-state index < -0.39 is 0 Å². The van der Waals surface area contributed by atoms with Crippen molar-refractivity contribution in [1.82, 2.24) is 9.78 Å². The molecule has 0 spiro atoms. The van der Waals surface area contributed by atoms with E-state index in [1.807, 2.05) is 18.7 Å². The standard InChI is InChI=1S/C12H19ClN2O/c1-4-9-11(13)10(15(3)14-9)7-12(5-6-12)8(2)16/h8,16H,4-7H2,1-3H3. The van der Waals surface area contributed by atoms with Gasteiger partial charge in [-0.3, -0.25) is 4.68 Å². The van der Waals surface area contributed by atoms with Crippen molar-refractivity contribution in [2.24, 2.45) is 12.5 Å².